The summed E-state index contributed by atoms with van der Waals surface area (Å²) in [6, 6.07) is 13.7. The van der Waals surface area contributed by atoms with E-state index in [0.717, 1.165) is 16.7 Å². The molecule has 0 saturated heterocycles. The Kier molecular flexibility index (Phi) is 4.28. The number of thiazole rings is 1. The Morgan fingerprint density at radius 3 is 2.52 bits per heavy atom. The van der Waals surface area contributed by atoms with E-state index in [1.54, 1.807) is 48.5 Å². The third kappa shape index (κ3) is 3.65. The van der Waals surface area contributed by atoms with Gasteiger partial charge in [0, 0.05) is 10.9 Å². The summed E-state index contributed by atoms with van der Waals surface area (Å²) >= 11 is 6.96. The van der Waals surface area contributed by atoms with Crippen molar-refractivity contribution in [1.82, 2.24) is 4.98 Å². The average Bonchev–Trinajstić information content (AvgIpc) is 3.00. The molecule has 1 heterocycles. The van der Waals surface area contributed by atoms with Crippen LogP contribution in [0.25, 0.3) is 10.6 Å². The lowest BCUT2D eigenvalue weighted by molar-refractivity contribution is -0.140. The molecule has 23 heavy (non-hydrogen) atoms. The van der Waals surface area contributed by atoms with Crippen LogP contribution in [0.5, 0.6) is 11.5 Å². The van der Waals surface area contributed by atoms with Gasteiger partial charge in [0.1, 0.15) is 16.5 Å². The summed E-state index contributed by atoms with van der Waals surface area (Å²) in [7, 11) is 0. The molecule has 2 aromatic carbocycles. The van der Waals surface area contributed by atoms with Gasteiger partial charge in [0.15, 0.2) is 5.69 Å². The second kappa shape index (κ2) is 6.22. The fourth-order valence-corrected chi connectivity index (χ4v) is 2.88. The van der Waals surface area contributed by atoms with Crippen molar-refractivity contribution >= 4 is 22.9 Å². The average molecular weight is 356 g/mol. The minimum Gasteiger partial charge on any atom is -0.456 e. The Balaban J connectivity index is 1.88. The molecule has 1 aromatic heterocycles. The van der Waals surface area contributed by atoms with Gasteiger partial charge in [-0.15, -0.1) is 11.3 Å². The molecule has 0 aliphatic carbocycles. The first-order chi connectivity index (χ1) is 10.9. The lowest BCUT2D eigenvalue weighted by Gasteiger charge is -2.08. The zero-order valence-corrected chi connectivity index (χ0v) is 13.0. The molecule has 0 spiro atoms. The fourth-order valence-electron chi connectivity index (χ4n) is 1.88. The molecule has 0 aliphatic heterocycles. The molecule has 0 radical (unpaired) electrons. The van der Waals surface area contributed by atoms with E-state index < -0.39 is 11.9 Å². The maximum absolute atomic E-state index is 12.6. The zero-order valence-electron chi connectivity index (χ0n) is 11.5. The Hall–Kier alpha value is -2.05. The van der Waals surface area contributed by atoms with Crippen LogP contribution in [-0.2, 0) is 6.18 Å². The topological polar surface area (TPSA) is 22.1 Å². The monoisotopic (exact) mass is 355 g/mol. The van der Waals surface area contributed by atoms with Crippen LogP contribution in [0.15, 0.2) is 53.9 Å². The van der Waals surface area contributed by atoms with Crippen molar-refractivity contribution in [3.63, 3.8) is 0 Å². The highest BCUT2D eigenvalue weighted by Gasteiger charge is 2.33. The van der Waals surface area contributed by atoms with Gasteiger partial charge in [-0.3, -0.25) is 0 Å². The molecule has 0 aliphatic rings. The highest BCUT2D eigenvalue weighted by molar-refractivity contribution is 7.13. The largest absolute Gasteiger partial charge is 0.456 e. The molecule has 7 heteroatoms. The summed E-state index contributed by atoms with van der Waals surface area (Å²) in [6.07, 6.45) is -4.44. The van der Waals surface area contributed by atoms with Crippen LogP contribution in [0.2, 0.25) is 5.02 Å². The highest BCUT2D eigenvalue weighted by Crippen LogP contribution is 2.35. The quantitative estimate of drug-likeness (QED) is 0.552. The van der Waals surface area contributed by atoms with Gasteiger partial charge in [-0.05, 0) is 24.3 Å². The predicted molar refractivity (Wildman–Crippen MR) is 84.1 cm³/mol. The van der Waals surface area contributed by atoms with Crippen molar-refractivity contribution in [3.05, 3.63) is 64.6 Å². The molecular formula is C16H9ClF3NOS. The number of alkyl halides is 3. The molecule has 0 bridgehead atoms. The van der Waals surface area contributed by atoms with Crippen LogP contribution in [0, 0.1) is 0 Å². The summed E-state index contributed by atoms with van der Waals surface area (Å²) in [5.74, 6) is 0.945. The lowest BCUT2D eigenvalue weighted by atomic mass is 10.2. The van der Waals surface area contributed by atoms with Crippen LogP contribution in [0.3, 0.4) is 0 Å². The van der Waals surface area contributed by atoms with Gasteiger partial charge in [0.25, 0.3) is 0 Å². The zero-order chi connectivity index (χ0) is 16.4. The Morgan fingerprint density at radius 2 is 1.83 bits per heavy atom. The van der Waals surface area contributed by atoms with Crippen molar-refractivity contribution in [2.24, 2.45) is 0 Å². The van der Waals surface area contributed by atoms with E-state index in [2.05, 4.69) is 4.98 Å². The number of nitrogens with zero attached hydrogens (tertiary/aromatic N) is 1. The van der Waals surface area contributed by atoms with Gasteiger partial charge >= 0.3 is 6.18 Å². The van der Waals surface area contributed by atoms with Crippen molar-refractivity contribution in [3.8, 4) is 22.1 Å². The number of aromatic nitrogens is 1. The minimum absolute atomic E-state index is 0.280. The van der Waals surface area contributed by atoms with E-state index >= 15 is 0 Å². The summed E-state index contributed by atoms with van der Waals surface area (Å²) in [5, 5.41) is 1.73. The van der Waals surface area contributed by atoms with Gasteiger partial charge in [0.05, 0.1) is 5.02 Å². The van der Waals surface area contributed by atoms with Gasteiger partial charge in [-0.2, -0.15) is 13.2 Å². The first kappa shape index (κ1) is 15.8. The summed E-state index contributed by atoms with van der Waals surface area (Å²) in [6.45, 7) is 0. The van der Waals surface area contributed by atoms with E-state index in [-0.39, 0.29) is 5.01 Å². The molecular weight excluding hydrogens is 347 g/mol. The van der Waals surface area contributed by atoms with Gasteiger partial charge in [0.2, 0.25) is 0 Å². The summed E-state index contributed by atoms with van der Waals surface area (Å²) < 4.78 is 43.6. The van der Waals surface area contributed by atoms with Crippen LogP contribution in [0.1, 0.15) is 5.69 Å². The number of benzene rings is 2. The predicted octanol–water partition coefficient (Wildman–Crippen LogP) is 6.27. The van der Waals surface area contributed by atoms with E-state index in [9.17, 15) is 13.2 Å². The van der Waals surface area contributed by atoms with Gasteiger partial charge in [-0.25, -0.2) is 4.98 Å². The van der Waals surface area contributed by atoms with E-state index in [4.69, 9.17) is 16.3 Å². The van der Waals surface area contributed by atoms with E-state index in [1.165, 1.54) is 0 Å². The minimum atomic E-state index is -4.44. The van der Waals surface area contributed by atoms with E-state index in [0.29, 0.717) is 22.1 Å². The molecule has 0 atom stereocenters. The normalized spacial score (nSPS) is 11.5. The number of hydrogen-bond acceptors (Lipinski definition) is 3. The van der Waals surface area contributed by atoms with Gasteiger partial charge in [-0.1, -0.05) is 35.9 Å². The standard InChI is InChI=1S/C16H9ClF3NOS/c17-12-6-1-2-7-13(12)22-11-5-3-4-10(8-11)15-21-14(9-23-15)16(18,19)20/h1-9H. The van der Waals surface area contributed by atoms with Crippen molar-refractivity contribution < 1.29 is 17.9 Å². The van der Waals surface area contributed by atoms with Crippen LogP contribution >= 0.6 is 22.9 Å². The first-order valence-electron chi connectivity index (χ1n) is 6.49. The first-order valence-corrected chi connectivity index (χ1v) is 7.75. The molecule has 3 aromatic rings. The van der Waals surface area contributed by atoms with Gasteiger partial charge < -0.3 is 4.74 Å². The third-order valence-electron chi connectivity index (χ3n) is 2.94. The molecule has 0 saturated carbocycles. The molecule has 3 rings (SSSR count). The molecule has 0 unspecified atom stereocenters. The maximum atomic E-state index is 12.6. The van der Waals surface area contributed by atoms with Crippen LogP contribution in [0.4, 0.5) is 13.2 Å². The number of ether oxygens (including phenoxy) is 1. The maximum Gasteiger partial charge on any atom is 0.434 e. The Morgan fingerprint density at radius 1 is 1.04 bits per heavy atom. The second-order valence-electron chi connectivity index (χ2n) is 4.60. The Bertz CT molecular complexity index is 832. The lowest BCUT2D eigenvalue weighted by Crippen LogP contribution is -2.04. The second-order valence-corrected chi connectivity index (χ2v) is 5.86. The summed E-state index contributed by atoms with van der Waals surface area (Å²) in [4.78, 5) is 3.63. The number of halogens is 4. The number of rotatable bonds is 3. The molecule has 0 amide bonds. The molecule has 118 valence electrons. The van der Waals surface area contributed by atoms with Crippen molar-refractivity contribution in [1.29, 1.82) is 0 Å². The Labute approximate surface area is 139 Å². The summed E-state index contributed by atoms with van der Waals surface area (Å²) in [5.41, 5.74) is -0.343. The highest BCUT2D eigenvalue weighted by atomic mass is 35.5. The van der Waals surface area contributed by atoms with E-state index in [1.807, 2.05) is 0 Å². The van der Waals surface area contributed by atoms with Crippen LogP contribution < -0.4 is 4.74 Å². The molecule has 2 nitrogen and oxygen atoms in total. The number of hydrogen-bond donors (Lipinski definition) is 0. The third-order valence-corrected chi connectivity index (χ3v) is 4.14. The molecule has 0 N–H and O–H groups in total. The van der Waals surface area contributed by atoms with Crippen molar-refractivity contribution in [2.75, 3.05) is 0 Å². The van der Waals surface area contributed by atoms with Crippen molar-refractivity contribution in [2.45, 2.75) is 6.18 Å². The van der Waals surface area contributed by atoms with Crippen LogP contribution in [-0.4, -0.2) is 4.98 Å². The fraction of sp³-hybridized carbons (Fsp3) is 0.0625. The molecule has 0 fully saturated rings. The number of para-hydroxylation sites is 1. The smallest absolute Gasteiger partial charge is 0.434 e. The SMILES string of the molecule is FC(F)(F)c1csc(-c2cccc(Oc3ccccc3Cl)c2)n1.